The van der Waals surface area contributed by atoms with Crippen molar-refractivity contribution in [2.24, 2.45) is 5.92 Å². The van der Waals surface area contributed by atoms with Crippen molar-refractivity contribution in [1.82, 2.24) is 5.32 Å². The van der Waals surface area contributed by atoms with Gasteiger partial charge in [-0.05, 0) is 56.3 Å². The van der Waals surface area contributed by atoms with Crippen LogP contribution in [0.5, 0.6) is 11.5 Å². The first-order valence-corrected chi connectivity index (χ1v) is 7.94. The van der Waals surface area contributed by atoms with E-state index in [1.54, 1.807) is 0 Å². The highest BCUT2D eigenvalue weighted by Gasteiger charge is 2.21. The third-order valence-corrected chi connectivity index (χ3v) is 4.61. The molecule has 1 aliphatic carbocycles. The number of rotatable bonds is 5. The van der Waals surface area contributed by atoms with Crippen LogP contribution in [-0.4, -0.2) is 26.6 Å². The number of nitrogens with one attached hydrogen (secondary N) is 1. The Morgan fingerprint density at radius 2 is 1.95 bits per heavy atom. The van der Waals surface area contributed by atoms with Gasteiger partial charge in [0.1, 0.15) is 0 Å². The second-order valence-electron chi connectivity index (χ2n) is 6.17. The molecular weight excluding hydrogens is 266 g/mol. The molecule has 1 atom stereocenters. The predicted molar refractivity (Wildman–Crippen MR) is 81.7 cm³/mol. The maximum absolute atomic E-state index is 6.12. The minimum atomic E-state index is 0.193. The van der Waals surface area contributed by atoms with Crippen LogP contribution in [0.1, 0.15) is 44.2 Å². The van der Waals surface area contributed by atoms with Gasteiger partial charge in [-0.15, -0.1) is 0 Å². The molecular formula is C17H25NO3. The summed E-state index contributed by atoms with van der Waals surface area (Å²) in [6.07, 6.45) is 5.39. The largest absolute Gasteiger partial charge is 0.454 e. The molecule has 1 unspecified atom stereocenters. The Labute approximate surface area is 126 Å². The number of ether oxygens (including phenoxy) is 3. The molecule has 1 aromatic carbocycles. The van der Waals surface area contributed by atoms with E-state index in [1.165, 1.54) is 31.2 Å². The first kappa shape index (κ1) is 14.7. The summed E-state index contributed by atoms with van der Waals surface area (Å²) in [6, 6.07) is 6.31. The molecule has 0 saturated heterocycles. The van der Waals surface area contributed by atoms with Gasteiger partial charge in [0, 0.05) is 0 Å². The Hall–Kier alpha value is -1.26. The van der Waals surface area contributed by atoms with Crippen molar-refractivity contribution in [3.05, 3.63) is 23.8 Å². The van der Waals surface area contributed by atoms with Crippen LogP contribution in [-0.2, 0) is 4.74 Å². The van der Waals surface area contributed by atoms with Crippen LogP contribution in [0.3, 0.4) is 0 Å². The van der Waals surface area contributed by atoms with E-state index in [0.717, 1.165) is 17.4 Å². The third kappa shape index (κ3) is 3.50. The van der Waals surface area contributed by atoms with Gasteiger partial charge < -0.3 is 19.5 Å². The summed E-state index contributed by atoms with van der Waals surface area (Å²) in [5.41, 5.74) is 1.19. The van der Waals surface area contributed by atoms with E-state index < -0.39 is 0 Å². The highest BCUT2D eigenvalue weighted by Crippen LogP contribution is 2.34. The van der Waals surface area contributed by atoms with Crippen molar-refractivity contribution >= 4 is 0 Å². The SMILES string of the molecule is CNC(COC1CCC(C)CC1)c1ccc2c(c1)OCO2. The van der Waals surface area contributed by atoms with Crippen molar-refractivity contribution in [3.8, 4) is 11.5 Å². The molecule has 1 aromatic rings. The fourth-order valence-corrected chi connectivity index (χ4v) is 3.10. The maximum atomic E-state index is 6.12. The molecule has 3 rings (SSSR count). The second kappa shape index (κ2) is 6.67. The van der Waals surface area contributed by atoms with E-state index in [1.807, 2.05) is 13.1 Å². The monoisotopic (exact) mass is 291 g/mol. The third-order valence-electron chi connectivity index (χ3n) is 4.61. The van der Waals surface area contributed by atoms with Gasteiger partial charge in [-0.1, -0.05) is 13.0 Å². The summed E-state index contributed by atoms with van der Waals surface area (Å²) in [7, 11) is 1.97. The molecule has 1 saturated carbocycles. The van der Waals surface area contributed by atoms with Gasteiger partial charge in [0.2, 0.25) is 6.79 Å². The lowest BCUT2D eigenvalue weighted by Gasteiger charge is -2.28. The first-order valence-electron chi connectivity index (χ1n) is 7.94. The molecule has 4 heteroatoms. The smallest absolute Gasteiger partial charge is 0.231 e. The summed E-state index contributed by atoms with van der Waals surface area (Å²) < 4.78 is 16.9. The van der Waals surface area contributed by atoms with Crippen LogP contribution in [0.25, 0.3) is 0 Å². The lowest BCUT2D eigenvalue weighted by Crippen LogP contribution is -2.27. The summed E-state index contributed by atoms with van der Waals surface area (Å²) in [5.74, 6) is 2.52. The zero-order chi connectivity index (χ0) is 14.7. The lowest BCUT2D eigenvalue weighted by atomic mass is 9.89. The van der Waals surface area contributed by atoms with Gasteiger partial charge in [0.15, 0.2) is 11.5 Å². The average molecular weight is 291 g/mol. The van der Waals surface area contributed by atoms with E-state index >= 15 is 0 Å². The van der Waals surface area contributed by atoms with Crippen LogP contribution in [0.2, 0.25) is 0 Å². The molecule has 0 spiro atoms. The normalized spacial score (nSPS) is 25.8. The molecule has 4 nitrogen and oxygen atoms in total. The minimum Gasteiger partial charge on any atom is -0.454 e. The molecule has 21 heavy (non-hydrogen) atoms. The summed E-state index contributed by atoms with van der Waals surface area (Å²) in [4.78, 5) is 0. The molecule has 0 amide bonds. The molecule has 1 heterocycles. The molecule has 1 N–H and O–H groups in total. The van der Waals surface area contributed by atoms with Crippen LogP contribution in [0.15, 0.2) is 18.2 Å². The predicted octanol–water partition coefficient (Wildman–Crippen LogP) is 3.27. The Bertz CT molecular complexity index is 469. The number of fused-ring (bicyclic) bond motifs is 1. The quantitative estimate of drug-likeness (QED) is 0.904. The van der Waals surface area contributed by atoms with E-state index in [4.69, 9.17) is 14.2 Å². The molecule has 1 aliphatic heterocycles. The second-order valence-corrected chi connectivity index (χ2v) is 6.17. The minimum absolute atomic E-state index is 0.193. The Morgan fingerprint density at radius 1 is 1.19 bits per heavy atom. The van der Waals surface area contributed by atoms with Gasteiger partial charge in [-0.25, -0.2) is 0 Å². The van der Waals surface area contributed by atoms with Crippen molar-refractivity contribution in [2.75, 3.05) is 20.4 Å². The van der Waals surface area contributed by atoms with E-state index in [0.29, 0.717) is 19.5 Å². The Kier molecular flexibility index (Phi) is 4.66. The Balaban J connectivity index is 1.57. The van der Waals surface area contributed by atoms with E-state index in [9.17, 15) is 0 Å². The summed E-state index contributed by atoms with van der Waals surface area (Å²) >= 11 is 0. The van der Waals surface area contributed by atoms with Gasteiger partial charge in [-0.2, -0.15) is 0 Å². The molecule has 1 fully saturated rings. The Morgan fingerprint density at radius 3 is 2.71 bits per heavy atom. The van der Waals surface area contributed by atoms with Gasteiger partial charge in [0.05, 0.1) is 18.8 Å². The summed E-state index contributed by atoms with van der Waals surface area (Å²) in [6.45, 7) is 3.36. The topological polar surface area (TPSA) is 39.7 Å². The summed E-state index contributed by atoms with van der Waals surface area (Å²) in [5, 5.41) is 3.34. The van der Waals surface area contributed by atoms with E-state index in [2.05, 4.69) is 24.4 Å². The van der Waals surface area contributed by atoms with E-state index in [-0.39, 0.29) is 6.04 Å². The van der Waals surface area contributed by atoms with Crippen LogP contribution in [0.4, 0.5) is 0 Å². The highest BCUT2D eigenvalue weighted by atomic mass is 16.7. The van der Waals surface area contributed by atoms with Crippen LogP contribution in [0, 0.1) is 5.92 Å². The van der Waals surface area contributed by atoms with Crippen LogP contribution < -0.4 is 14.8 Å². The number of hydrogen-bond acceptors (Lipinski definition) is 4. The fraction of sp³-hybridized carbons (Fsp3) is 0.647. The maximum Gasteiger partial charge on any atom is 0.231 e. The number of benzene rings is 1. The van der Waals surface area contributed by atoms with Gasteiger partial charge in [0.25, 0.3) is 0 Å². The van der Waals surface area contributed by atoms with Gasteiger partial charge in [-0.3, -0.25) is 0 Å². The average Bonchev–Trinajstić information content (AvgIpc) is 2.97. The number of likely N-dealkylation sites (N-methyl/N-ethyl adjacent to an activating group) is 1. The highest BCUT2D eigenvalue weighted by molar-refractivity contribution is 5.45. The van der Waals surface area contributed by atoms with Gasteiger partial charge >= 0.3 is 0 Å². The standard InChI is InChI=1S/C17H25NO3/c1-12-3-6-14(7-4-12)19-10-15(18-2)13-5-8-16-17(9-13)21-11-20-16/h5,8-9,12,14-15,18H,3-4,6-7,10-11H2,1-2H3. The van der Waals surface area contributed by atoms with Crippen molar-refractivity contribution < 1.29 is 14.2 Å². The van der Waals surface area contributed by atoms with Crippen molar-refractivity contribution in [3.63, 3.8) is 0 Å². The van der Waals surface area contributed by atoms with Crippen molar-refractivity contribution in [1.29, 1.82) is 0 Å². The first-order chi connectivity index (χ1) is 10.3. The molecule has 0 bridgehead atoms. The molecule has 2 aliphatic rings. The molecule has 0 aromatic heterocycles. The zero-order valence-corrected chi connectivity index (χ0v) is 12.9. The molecule has 116 valence electrons. The molecule has 0 radical (unpaired) electrons. The number of hydrogen-bond donors (Lipinski definition) is 1. The van der Waals surface area contributed by atoms with Crippen molar-refractivity contribution in [2.45, 2.75) is 44.8 Å². The van der Waals surface area contributed by atoms with Crippen LogP contribution >= 0.6 is 0 Å². The zero-order valence-electron chi connectivity index (χ0n) is 12.9. The lowest BCUT2D eigenvalue weighted by molar-refractivity contribution is 0.00880. The fourth-order valence-electron chi connectivity index (χ4n) is 3.10.